The number of amides is 1. The molecule has 1 saturated heterocycles. The van der Waals surface area contributed by atoms with Gasteiger partial charge in [-0.3, -0.25) is 9.10 Å². The normalized spacial score (nSPS) is 16.8. The summed E-state index contributed by atoms with van der Waals surface area (Å²) in [5, 5.41) is 0. The first kappa shape index (κ1) is 21.5. The van der Waals surface area contributed by atoms with E-state index < -0.39 is 10.0 Å². The van der Waals surface area contributed by atoms with Crippen LogP contribution in [0.1, 0.15) is 29.3 Å². The molecule has 31 heavy (non-hydrogen) atoms. The summed E-state index contributed by atoms with van der Waals surface area (Å²) in [6.07, 6.45) is 1.56. The molecular weight excluding hydrogens is 414 g/mol. The van der Waals surface area contributed by atoms with Crippen LogP contribution in [-0.4, -0.2) is 64.8 Å². The molecule has 0 aliphatic carbocycles. The molecule has 4 rings (SSSR count). The molecule has 0 radical (unpaired) electrons. The molecule has 2 aliphatic rings. The predicted molar refractivity (Wildman–Crippen MR) is 123 cm³/mol. The lowest BCUT2D eigenvalue weighted by Crippen LogP contribution is -2.48. The van der Waals surface area contributed by atoms with Gasteiger partial charge in [0.05, 0.1) is 18.6 Å². The largest absolute Gasteiger partial charge is 0.497 e. The summed E-state index contributed by atoms with van der Waals surface area (Å²) in [4.78, 5) is 17.3. The van der Waals surface area contributed by atoms with Crippen molar-refractivity contribution in [3.8, 4) is 5.75 Å². The van der Waals surface area contributed by atoms with Crippen LogP contribution >= 0.6 is 0 Å². The van der Waals surface area contributed by atoms with Crippen LogP contribution in [0.4, 0.5) is 11.4 Å². The highest BCUT2D eigenvalue weighted by Crippen LogP contribution is 2.31. The molecule has 0 spiro atoms. The van der Waals surface area contributed by atoms with Crippen LogP contribution in [0.15, 0.2) is 42.5 Å². The summed E-state index contributed by atoms with van der Waals surface area (Å²) >= 11 is 0. The van der Waals surface area contributed by atoms with E-state index in [1.807, 2.05) is 35.2 Å². The standard InChI is InChI=1S/C23H29N3O4S/c1-3-31(28,29)26-12-4-5-18-17-19(6-11-22(18)26)23(27)25-15-13-24(14-16-25)20-7-9-21(30-2)10-8-20/h6-11,17H,3-5,12-16H2,1-2H3. The van der Waals surface area contributed by atoms with Crippen molar-refractivity contribution in [1.29, 1.82) is 0 Å². The summed E-state index contributed by atoms with van der Waals surface area (Å²) in [5.74, 6) is 0.911. The monoisotopic (exact) mass is 443 g/mol. The van der Waals surface area contributed by atoms with Gasteiger partial charge in [0, 0.05) is 44.0 Å². The first-order chi connectivity index (χ1) is 14.9. The maximum atomic E-state index is 13.1. The second kappa shape index (κ2) is 8.78. The van der Waals surface area contributed by atoms with Crippen LogP contribution < -0.4 is 13.9 Å². The van der Waals surface area contributed by atoms with Crippen LogP contribution in [0, 0.1) is 0 Å². The van der Waals surface area contributed by atoms with Crippen LogP contribution in [0.25, 0.3) is 0 Å². The molecule has 2 heterocycles. The maximum absolute atomic E-state index is 13.1. The Morgan fingerprint density at radius 2 is 1.71 bits per heavy atom. The van der Waals surface area contributed by atoms with Crippen molar-refractivity contribution < 1.29 is 17.9 Å². The third-order valence-electron chi connectivity index (χ3n) is 6.11. The first-order valence-corrected chi connectivity index (χ1v) is 12.4. The molecule has 0 atom stereocenters. The van der Waals surface area contributed by atoms with E-state index in [0.717, 1.165) is 42.9 Å². The topological polar surface area (TPSA) is 70.2 Å². The number of rotatable bonds is 5. The zero-order valence-corrected chi connectivity index (χ0v) is 18.9. The SMILES string of the molecule is CCS(=O)(=O)N1CCCc2cc(C(=O)N3CCN(c4ccc(OC)cc4)CC3)ccc21. The molecule has 0 saturated carbocycles. The molecule has 1 amide bonds. The molecule has 2 aromatic rings. The summed E-state index contributed by atoms with van der Waals surface area (Å²) < 4.78 is 31.5. The van der Waals surface area contributed by atoms with Gasteiger partial charge in [-0.2, -0.15) is 0 Å². The molecule has 2 aliphatic heterocycles. The van der Waals surface area contributed by atoms with Gasteiger partial charge in [-0.1, -0.05) is 0 Å². The molecule has 0 aromatic heterocycles. The zero-order valence-electron chi connectivity index (χ0n) is 18.1. The molecule has 0 unspecified atom stereocenters. The zero-order chi connectivity index (χ0) is 22.0. The smallest absolute Gasteiger partial charge is 0.253 e. The second-order valence-corrected chi connectivity index (χ2v) is 10.1. The van der Waals surface area contributed by atoms with Crippen molar-refractivity contribution >= 4 is 27.3 Å². The number of nitrogens with zero attached hydrogens (tertiary/aromatic N) is 3. The van der Waals surface area contributed by atoms with Gasteiger partial charge in [-0.05, 0) is 67.8 Å². The fraction of sp³-hybridized carbons (Fsp3) is 0.435. The van der Waals surface area contributed by atoms with Gasteiger partial charge in [0.2, 0.25) is 10.0 Å². The quantitative estimate of drug-likeness (QED) is 0.711. The van der Waals surface area contributed by atoms with Crippen molar-refractivity contribution in [3.63, 3.8) is 0 Å². The molecule has 0 N–H and O–H groups in total. The highest BCUT2D eigenvalue weighted by atomic mass is 32.2. The summed E-state index contributed by atoms with van der Waals surface area (Å²) in [5.41, 5.74) is 3.41. The minimum absolute atomic E-state index is 0.00709. The third kappa shape index (κ3) is 4.35. The van der Waals surface area contributed by atoms with Gasteiger partial charge in [-0.15, -0.1) is 0 Å². The highest BCUT2D eigenvalue weighted by Gasteiger charge is 2.28. The number of carbonyl (C=O) groups is 1. The molecule has 2 aromatic carbocycles. The Kier molecular flexibility index (Phi) is 6.09. The van der Waals surface area contributed by atoms with E-state index in [0.29, 0.717) is 30.9 Å². The number of carbonyl (C=O) groups excluding carboxylic acids is 1. The van der Waals surface area contributed by atoms with Crippen LogP contribution in [0.3, 0.4) is 0 Å². The molecule has 166 valence electrons. The Balaban J connectivity index is 1.44. The number of ether oxygens (including phenoxy) is 1. The van der Waals surface area contributed by atoms with Gasteiger partial charge in [0.1, 0.15) is 5.75 Å². The minimum Gasteiger partial charge on any atom is -0.497 e. The number of benzene rings is 2. The lowest BCUT2D eigenvalue weighted by molar-refractivity contribution is 0.0746. The molecule has 8 heteroatoms. The van der Waals surface area contributed by atoms with Crippen molar-refractivity contribution in [2.24, 2.45) is 0 Å². The number of methoxy groups -OCH3 is 1. The van der Waals surface area contributed by atoms with Crippen LogP contribution in [0.2, 0.25) is 0 Å². The summed E-state index contributed by atoms with van der Waals surface area (Å²) in [7, 11) is -1.65. The van der Waals surface area contributed by atoms with Gasteiger partial charge >= 0.3 is 0 Å². The minimum atomic E-state index is -3.30. The average molecular weight is 444 g/mol. The Labute approximate surface area is 184 Å². The van der Waals surface area contributed by atoms with E-state index in [4.69, 9.17) is 4.74 Å². The first-order valence-electron chi connectivity index (χ1n) is 10.7. The van der Waals surface area contributed by atoms with Gasteiger partial charge in [-0.25, -0.2) is 8.42 Å². The number of hydrogen-bond donors (Lipinski definition) is 0. The Bertz CT molecular complexity index is 1040. The molecule has 0 bridgehead atoms. The van der Waals surface area contributed by atoms with Crippen molar-refractivity contribution in [2.75, 3.05) is 54.8 Å². The summed E-state index contributed by atoms with van der Waals surface area (Å²) in [6.45, 7) is 5.00. The average Bonchev–Trinajstić information content (AvgIpc) is 2.83. The number of aryl methyl sites for hydroxylation is 1. The van der Waals surface area contributed by atoms with Crippen LogP contribution in [0.5, 0.6) is 5.75 Å². The van der Waals surface area contributed by atoms with E-state index in [9.17, 15) is 13.2 Å². The molecule has 1 fully saturated rings. The van der Waals surface area contributed by atoms with Crippen LogP contribution in [-0.2, 0) is 16.4 Å². The fourth-order valence-electron chi connectivity index (χ4n) is 4.28. The number of anilines is 2. The number of fused-ring (bicyclic) bond motifs is 1. The predicted octanol–water partition coefficient (Wildman–Crippen LogP) is 2.76. The third-order valence-corrected chi connectivity index (χ3v) is 7.89. The molecular formula is C23H29N3O4S. The van der Waals surface area contributed by atoms with Gasteiger partial charge < -0.3 is 14.5 Å². The Morgan fingerprint density at radius 3 is 2.35 bits per heavy atom. The number of piperazine rings is 1. The lowest BCUT2D eigenvalue weighted by atomic mass is 10.00. The van der Waals surface area contributed by atoms with Gasteiger partial charge in [0.25, 0.3) is 5.91 Å². The highest BCUT2D eigenvalue weighted by molar-refractivity contribution is 7.92. The Hall–Kier alpha value is -2.74. The van der Waals surface area contributed by atoms with E-state index in [-0.39, 0.29) is 11.7 Å². The Morgan fingerprint density at radius 1 is 1.00 bits per heavy atom. The second-order valence-electron chi connectivity index (χ2n) is 7.90. The van der Waals surface area contributed by atoms with E-state index in [1.165, 1.54) is 4.31 Å². The fourth-order valence-corrected chi connectivity index (χ4v) is 5.48. The molecule has 7 nitrogen and oxygen atoms in total. The van der Waals surface area contributed by atoms with E-state index in [1.54, 1.807) is 26.2 Å². The van der Waals surface area contributed by atoms with Crippen molar-refractivity contribution in [3.05, 3.63) is 53.6 Å². The van der Waals surface area contributed by atoms with Crippen molar-refractivity contribution in [2.45, 2.75) is 19.8 Å². The van der Waals surface area contributed by atoms with Gasteiger partial charge in [0.15, 0.2) is 0 Å². The summed E-state index contributed by atoms with van der Waals surface area (Å²) in [6, 6.07) is 13.4. The maximum Gasteiger partial charge on any atom is 0.253 e. The lowest BCUT2D eigenvalue weighted by Gasteiger charge is -2.36. The van der Waals surface area contributed by atoms with E-state index >= 15 is 0 Å². The number of hydrogen-bond acceptors (Lipinski definition) is 5. The van der Waals surface area contributed by atoms with E-state index in [2.05, 4.69) is 4.90 Å². The van der Waals surface area contributed by atoms with Crippen molar-refractivity contribution in [1.82, 2.24) is 4.90 Å². The number of sulfonamides is 1.